The molecule has 0 atom stereocenters. The van der Waals surface area contributed by atoms with Crippen LogP contribution in [0.4, 0.5) is 5.13 Å². The number of anilines is 1. The van der Waals surface area contributed by atoms with Crippen LogP contribution in [0.3, 0.4) is 0 Å². The Hall–Kier alpha value is -2.18. The number of thiazole rings is 1. The minimum absolute atomic E-state index is 0.187. The molecule has 0 spiro atoms. The van der Waals surface area contributed by atoms with Crippen molar-refractivity contribution in [3.63, 3.8) is 0 Å². The summed E-state index contributed by atoms with van der Waals surface area (Å²) in [6.45, 7) is 4.17. The van der Waals surface area contributed by atoms with E-state index in [0.29, 0.717) is 15.7 Å². The van der Waals surface area contributed by atoms with Crippen LogP contribution in [0.5, 0.6) is 0 Å². The van der Waals surface area contributed by atoms with Gasteiger partial charge in [0.1, 0.15) is 5.03 Å². The Balaban J connectivity index is 1.81. The van der Waals surface area contributed by atoms with Crippen LogP contribution in [0.25, 0.3) is 11.3 Å². The van der Waals surface area contributed by atoms with Gasteiger partial charge in [-0.25, -0.2) is 9.97 Å². The number of benzene rings is 1. The van der Waals surface area contributed by atoms with Gasteiger partial charge in [0.2, 0.25) is 0 Å². The van der Waals surface area contributed by atoms with Crippen molar-refractivity contribution in [2.24, 2.45) is 0 Å². The van der Waals surface area contributed by atoms with Crippen LogP contribution in [0.1, 0.15) is 21.5 Å². The summed E-state index contributed by atoms with van der Waals surface area (Å²) in [4.78, 5) is 21.2. The first-order valence-corrected chi connectivity index (χ1v) is 9.52. The lowest BCUT2D eigenvalue weighted by Crippen LogP contribution is -2.13. The maximum atomic E-state index is 12.4. The smallest absolute Gasteiger partial charge is 0.260 e. The summed E-state index contributed by atoms with van der Waals surface area (Å²) in [6.07, 6.45) is 3.59. The number of carbonyl (C=O) groups is 1. The highest BCUT2D eigenvalue weighted by atomic mass is 32.2. The van der Waals surface area contributed by atoms with E-state index in [4.69, 9.17) is 0 Å². The maximum Gasteiger partial charge on any atom is 0.260 e. The van der Waals surface area contributed by atoms with Gasteiger partial charge in [0.25, 0.3) is 5.91 Å². The second-order valence-corrected chi connectivity index (χ2v) is 7.00. The van der Waals surface area contributed by atoms with Crippen LogP contribution in [0, 0.1) is 13.8 Å². The number of nitrogens with zero attached hydrogens (tertiary/aromatic N) is 2. The SMILES string of the molecule is CSc1ncccc1C(=O)Nc1nc(-c2ccc(C)c(C)c2)cs1. The lowest BCUT2D eigenvalue weighted by molar-refractivity contribution is 0.102. The number of hydrogen-bond acceptors (Lipinski definition) is 5. The van der Waals surface area contributed by atoms with Crippen molar-refractivity contribution in [3.05, 3.63) is 58.6 Å². The lowest BCUT2D eigenvalue weighted by atomic mass is 10.1. The minimum atomic E-state index is -0.187. The van der Waals surface area contributed by atoms with Gasteiger partial charge in [-0.15, -0.1) is 23.1 Å². The Morgan fingerprint density at radius 3 is 2.79 bits per heavy atom. The van der Waals surface area contributed by atoms with Crippen molar-refractivity contribution in [2.45, 2.75) is 18.9 Å². The molecule has 1 aromatic carbocycles. The molecule has 0 bridgehead atoms. The number of nitrogens with one attached hydrogen (secondary N) is 1. The van der Waals surface area contributed by atoms with Crippen molar-refractivity contribution in [1.82, 2.24) is 9.97 Å². The molecule has 0 aliphatic rings. The Kier molecular flexibility index (Phi) is 4.97. The van der Waals surface area contributed by atoms with Gasteiger partial charge in [-0.05, 0) is 49.4 Å². The third-order valence-corrected chi connectivity index (χ3v) is 5.21. The van der Waals surface area contributed by atoms with E-state index in [1.165, 1.54) is 34.2 Å². The molecule has 1 N–H and O–H groups in total. The topological polar surface area (TPSA) is 54.9 Å². The average Bonchev–Trinajstić information content (AvgIpc) is 3.05. The molecule has 24 heavy (non-hydrogen) atoms. The maximum absolute atomic E-state index is 12.4. The van der Waals surface area contributed by atoms with E-state index in [0.717, 1.165) is 11.3 Å². The molecule has 0 radical (unpaired) electrons. The number of pyridine rings is 1. The van der Waals surface area contributed by atoms with Gasteiger partial charge in [0, 0.05) is 17.1 Å². The van der Waals surface area contributed by atoms with Crippen LogP contribution in [-0.2, 0) is 0 Å². The highest BCUT2D eigenvalue weighted by molar-refractivity contribution is 7.98. The van der Waals surface area contributed by atoms with Gasteiger partial charge in [0.15, 0.2) is 5.13 Å². The van der Waals surface area contributed by atoms with Crippen LogP contribution < -0.4 is 5.32 Å². The number of carbonyl (C=O) groups excluding carboxylic acids is 1. The predicted molar refractivity (Wildman–Crippen MR) is 101 cm³/mol. The van der Waals surface area contributed by atoms with Gasteiger partial charge in [-0.1, -0.05) is 12.1 Å². The molecule has 0 aliphatic carbocycles. The molecular formula is C18H17N3OS2. The normalized spacial score (nSPS) is 10.6. The van der Waals surface area contributed by atoms with E-state index in [1.807, 2.05) is 11.6 Å². The molecule has 2 heterocycles. The number of amides is 1. The summed E-state index contributed by atoms with van der Waals surface area (Å²) in [5, 5.41) is 6.12. The summed E-state index contributed by atoms with van der Waals surface area (Å²) in [7, 11) is 0. The molecule has 3 rings (SSSR count). The third-order valence-electron chi connectivity index (χ3n) is 3.74. The van der Waals surface area contributed by atoms with Gasteiger partial charge < -0.3 is 0 Å². The number of aromatic nitrogens is 2. The molecule has 0 aliphatic heterocycles. The van der Waals surface area contributed by atoms with Crippen molar-refractivity contribution in [3.8, 4) is 11.3 Å². The zero-order valence-electron chi connectivity index (χ0n) is 13.7. The predicted octanol–water partition coefficient (Wildman–Crippen LogP) is 4.80. The molecule has 122 valence electrons. The third kappa shape index (κ3) is 3.49. The number of hydrogen-bond donors (Lipinski definition) is 1. The molecule has 0 saturated carbocycles. The van der Waals surface area contributed by atoms with Gasteiger partial charge in [0.05, 0.1) is 11.3 Å². The van der Waals surface area contributed by atoms with Crippen molar-refractivity contribution in [2.75, 3.05) is 11.6 Å². The molecule has 0 fully saturated rings. The van der Waals surface area contributed by atoms with Gasteiger partial charge >= 0.3 is 0 Å². The van der Waals surface area contributed by atoms with Gasteiger partial charge in [-0.2, -0.15) is 0 Å². The van der Waals surface area contributed by atoms with Crippen molar-refractivity contribution in [1.29, 1.82) is 0 Å². The fourth-order valence-corrected chi connectivity index (χ4v) is 3.52. The van der Waals surface area contributed by atoms with E-state index in [2.05, 4.69) is 47.3 Å². The average molecular weight is 355 g/mol. The zero-order chi connectivity index (χ0) is 17.1. The van der Waals surface area contributed by atoms with Crippen LogP contribution in [0.2, 0.25) is 0 Å². The second-order valence-electron chi connectivity index (χ2n) is 5.35. The highest BCUT2D eigenvalue weighted by Crippen LogP contribution is 2.27. The Labute approximate surface area is 149 Å². The summed E-state index contributed by atoms with van der Waals surface area (Å²) >= 11 is 2.87. The summed E-state index contributed by atoms with van der Waals surface area (Å²) in [5.74, 6) is -0.187. The lowest BCUT2D eigenvalue weighted by Gasteiger charge is -2.05. The quantitative estimate of drug-likeness (QED) is 0.683. The van der Waals surface area contributed by atoms with E-state index in [-0.39, 0.29) is 5.91 Å². The van der Waals surface area contributed by atoms with E-state index < -0.39 is 0 Å². The zero-order valence-corrected chi connectivity index (χ0v) is 15.3. The number of aryl methyl sites for hydroxylation is 2. The second kappa shape index (κ2) is 7.15. The molecular weight excluding hydrogens is 338 g/mol. The van der Waals surface area contributed by atoms with Crippen molar-refractivity contribution < 1.29 is 4.79 Å². The van der Waals surface area contributed by atoms with Crippen LogP contribution >= 0.6 is 23.1 Å². The summed E-state index contributed by atoms with van der Waals surface area (Å²) < 4.78 is 0. The molecule has 3 aromatic rings. The fourth-order valence-electron chi connectivity index (χ4n) is 2.26. The van der Waals surface area contributed by atoms with E-state index in [1.54, 1.807) is 18.3 Å². The minimum Gasteiger partial charge on any atom is -0.298 e. The highest BCUT2D eigenvalue weighted by Gasteiger charge is 2.14. The molecule has 0 saturated heterocycles. The van der Waals surface area contributed by atoms with E-state index >= 15 is 0 Å². The number of thioether (sulfide) groups is 1. The first-order valence-electron chi connectivity index (χ1n) is 7.42. The summed E-state index contributed by atoms with van der Waals surface area (Å²) in [6, 6.07) is 9.78. The Morgan fingerprint density at radius 2 is 2.04 bits per heavy atom. The standard InChI is InChI=1S/C18H17N3OS2/c1-11-6-7-13(9-12(11)2)15-10-24-18(20-15)21-16(22)14-5-4-8-19-17(14)23-3/h4-10H,1-3H3,(H,20,21,22). The fraction of sp³-hybridized carbons (Fsp3) is 0.167. The molecule has 2 aromatic heterocycles. The number of rotatable bonds is 4. The van der Waals surface area contributed by atoms with Crippen LogP contribution in [0.15, 0.2) is 46.9 Å². The van der Waals surface area contributed by atoms with E-state index in [9.17, 15) is 4.79 Å². The monoisotopic (exact) mass is 355 g/mol. The van der Waals surface area contributed by atoms with Gasteiger partial charge in [-0.3, -0.25) is 10.1 Å². The molecule has 1 amide bonds. The molecule has 6 heteroatoms. The Morgan fingerprint density at radius 1 is 1.21 bits per heavy atom. The largest absolute Gasteiger partial charge is 0.298 e. The Bertz CT molecular complexity index is 889. The summed E-state index contributed by atoms with van der Waals surface area (Å²) in [5.41, 5.74) is 4.97. The molecule has 0 unspecified atom stereocenters. The first kappa shape index (κ1) is 16.7. The van der Waals surface area contributed by atoms with Crippen LogP contribution in [-0.4, -0.2) is 22.1 Å². The molecule has 4 nitrogen and oxygen atoms in total. The van der Waals surface area contributed by atoms with Crippen molar-refractivity contribution >= 4 is 34.1 Å². The first-order chi connectivity index (χ1) is 11.6.